The van der Waals surface area contributed by atoms with Crippen LogP contribution in [0.25, 0.3) is 12.2 Å². The molecule has 0 aromatic carbocycles. The van der Waals surface area contributed by atoms with Gasteiger partial charge in [-0.3, -0.25) is 0 Å². The standard InChI is InChI=1S/C10H12N2O/c1-4-6-9-8(5-2)7-11-12-10(9)13-3/h4-7H,1H2,2-3H3/b8-5-,9-6+. The van der Waals surface area contributed by atoms with Crippen molar-refractivity contribution in [1.29, 1.82) is 0 Å². The van der Waals surface area contributed by atoms with E-state index in [4.69, 9.17) is 4.74 Å². The summed E-state index contributed by atoms with van der Waals surface area (Å²) in [5, 5.41) is 9.57. The molecule has 3 heteroatoms. The minimum Gasteiger partial charge on any atom is -0.479 e. The van der Waals surface area contributed by atoms with E-state index in [2.05, 4.69) is 16.8 Å². The molecule has 0 saturated carbocycles. The van der Waals surface area contributed by atoms with Crippen molar-refractivity contribution in [2.75, 3.05) is 7.11 Å². The van der Waals surface area contributed by atoms with E-state index in [1.165, 1.54) is 0 Å². The lowest BCUT2D eigenvalue weighted by atomic mass is 10.3. The van der Waals surface area contributed by atoms with Gasteiger partial charge in [0.05, 0.1) is 13.3 Å². The average molecular weight is 176 g/mol. The molecule has 0 amide bonds. The minimum atomic E-state index is 0.524. The zero-order valence-corrected chi connectivity index (χ0v) is 7.82. The molecule has 1 aromatic heterocycles. The number of rotatable bonds is 2. The summed E-state index contributed by atoms with van der Waals surface area (Å²) < 4.78 is 5.07. The summed E-state index contributed by atoms with van der Waals surface area (Å²) in [5.74, 6) is 0.524. The van der Waals surface area contributed by atoms with Gasteiger partial charge in [-0.25, -0.2) is 0 Å². The molecule has 0 fully saturated rings. The van der Waals surface area contributed by atoms with Crippen molar-refractivity contribution >= 4 is 12.2 Å². The predicted molar refractivity (Wildman–Crippen MR) is 52.6 cm³/mol. The fourth-order valence-electron chi connectivity index (χ4n) is 1.06. The Labute approximate surface area is 77.1 Å². The van der Waals surface area contributed by atoms with Gasteiger partial charge in [-0.15, -0.1) is 5.10 Å². The van der Waals surface area contributed by atoms with Gasteiger partial charge in [-0.2, -0.15) is 5.10 Å². The molecule has 0 N–H and O–H groups in total. The van der Waals surface area contributed by atoms with Gasteiger partial charge in [-0.05, 0) is 13.0 Å². The summed E-state index contributed by atoms with van der Waals surface area (Å²) in [6, 6.07) is 0. The summed E-state index contributed by atoms with van der Waals surface area (Å²) in [7, 11) is 1.57. The highest BCUT2D eigenvalue weighted by atomic mass is 16.5. The van der Waals surface area contributed by atoms with Crippen LogP contribution in [0, 0.1) is 0 Å². The molecular formula is C10H12N2O. The first-order chi connectivity index (χ1) is 6.33. The zero-order valence-electron chi connectivity index (χ0n) is 7.82. The van der Waals surface area contributed by atoms with E-state index in [-0.39, 0.29) is 0 Å². The largest absolute Gasteiger partial charge is 0.479 e. The molecule has 0 bridgehead atoms. The van der Waals surface area contributed by atoms with Crippen LogP contribution < -0.4 is 15.2 Å². The van der Waals surface area contributed by atoms with Crippen molar-refractivity contribution in [2.24, 2.45) is 0 Å². The number of nitrogens with zero attached hydrogens (tertiary/aromatic N) is 2. The Bertz CT molecular complexity index is 409. The van der Waals surface area contributed by atoms with Crippen molar-refractivity contribution < 1.29 is 4.74 Å². The third kappa shape index (κ3) is 1.93. The quantitative estimate of drug-likeness (QED) is 0.648. The number of hydrogen-bond donors (Lipinski definition) is 0. The van der Waals surface area contributed by atoms with Crippen molar-refractivity contribution in [2.45, 2.75) is 6.92 Å². The first kappa shape index (κ1) is 9.45. The molecule has 0 radical (unpaired) electrons. The Morgan fingerprint density at radius 1 is 1.54 bits per heavy atom. The van der Waals surface area contributed by atoms with Crippen LogP contribution in [0.3, 0.4) is 0 Å². The molecule has 68 valence electrons. The van der Waals surface area contributed by atoms with Gasteiger partial charge in [0.1, 0.15) is 0 Å². The summed E-state index contributed by atoms with van der Waals surface area (Å²) in [6.07, 6.45) is 7.19. The van der Waals surface area contributed by atoms with Gasteiger partial charge in [0.2, 0.25) is 5.88 Å². The molecule has 1 aromatic rings. The maximum atomic E-state index is 5.07. The van der Waals surface area contributed by atoms with Gasteiger partial charge in [-0.1, -0.05) is 18.7 Å². The highest BCUT2D eigenvalue weighted by Crippen LogP contribution is 1.88. The molecule has 1 heterocycles. The van der Waals surface area contributed by atoms with Crippen LogP contribution in [-0.4, -0.2) is 17.3 Å². The molecule has 1 rings (SSSR count). The smallest absolute Gasteiger partial charge is 0.241 e. The molecule has 0 saturated heterocycles. The highest BCUT2D eigenvalue weighted by Gasteiger charge is 1.95. The number of methoxy groups -OCH3 is 1. The van der Waals surface area contributed by atoms with Crippen LogP contribution in [-0.2, 0) is 0 Å². The highest BCUT2D eigenvalue weighted by molar-refractivity contribution is 5.40. The van der Waals surface area contributed by atoms with Crippen LogP contribution in [0.1, 0.15) is 6.92 Å². The molecule has 3 nitrogen and oxygen atoms in total. The van der Waals surface area contributed by atoms with Crippen LogP contribution in [0.4, 0.5) is 0 Å². The Balaban J connectivity index is 3.58. The number of hydrogen-bond acceptors (Lipinski definition) is 3. The van der Waals surface area contributed by atoms with Crippen molar-refractivity contribution in [1.82, 2.24) is 10.2 Å². The van der Waals surface area contributed by atoms with Gasteiger partial charge in [0.15, 0.2) is 0 Å². The van der Waals surface area contributed by atoms with E-state index in [0.717, 1.165) is 10.4 Å². The van der Waals surface area contributed by atoms with E-state index in [0.29, 0.717) is 5.88 Å². The third-order valence-electron chi connectivity index (χ3n) is 1.68. The van der Waals surface area contributed by atoms with Gasteiger partial charge >= 0.3 is 0 Å². The van der Waals surface area contributed by atoms with Gasteiger partial charge in [0.25, 0.3) is 0 Å². The number of aromatic nitrogens is 2. The lowest BCUT2D eigenvalue weighted by Crippen LogP contribution is -2.27. The van der Waals surface area contributed by atoms with E-state index in [9.17, 15) is 0 Å². The first-order valence-electron chi connectivity index (χ1n) is 3.98. The number of ether oxygens (including phenoxy) is 1. The molecular weight excluding hydrogens is 164 g/mol. The Hall–Kier alpha value is -1.64. The first-order valence-corrected chi connectivity index (χ1v) is 3.98. The Morgan fingerprint density at radius 3 is 2.85 bits per heavy atom. The van der Waals surface area contributed by atoms with Crippen LogP contribution in [0.15, 0.2) is 18.9 Å². The normalized spacial score (nSPS) is 13.1. The van der Waals surface area contributed by atoms with Crippen LogP contribution in [0.2, 0.25) is 0 Å². The molecule has 13 heavy (non-hydrogen) atoms. The topological polar surface area (TPSA) is 35.0 Å². The summed E-state index contributed by atoms with van der Waals surface area (Å²) in [5.41, 5.74) is 0. The lowest BCUT2D eigenvalue weighted by molar-refractivity contribution is 0.387. The molecule has 0 aliphatic carbocycles. The zero-order chi connectivity index (χ0) is 9.68. The van der Waals surface area contributed by atoms with E-state index >= 15 is 0 Å². The van der Waals surface area contributed by atoms with E-state index < -0.39 is 0 Å². The summed E-state index contributed by atoms with van der Waals surface area (Å²) in [6.45, 7) is 5.57. The SMILES string of the molecule is C=C/C=c1/c(OC)nnc/c1=C/C. The predicted octanol–water partition coefficient (Wildman–Crippen LogP) is 0.252. The van der Waals surface area contributed by atoms with Crippen LogP contribution >= 0.6 is 0 Å². The maximum Gasteiger partial charge on any atom is 0.241 e. The molecule has 0 atom stereocenters. The second-order valence-corrected chi connectivity index (χ2v) is 2.41. The molecule has 0 aliphatic heterocycles. The van der Waals surface area contributed by atoms with Gasteiger partial charge in [0, 0.05) is 10.4 Å². The van der Waals surface area contributed by atoms with Crippen LogP contribution in [0.5, 0.6) is 5.88 Å². The van der Waals surface area contributed by atoms with E-state index in [1.807, 2.05) is 19.1 Å². The molecule has 0 aliphatic rings. The maximum absolute atomic E-state index is 5.07. The van der Waals surface area contributed by atoms with Crippen molar-refractivity contribution in [3.63, 3.8) is 0 Å². The minimum absolute atomic E-state index is 0.524. The monoisotopic (exact) mass is 176 g/mol. The summed E-state index contributed by atoms with van der Waals surface area (Å²) >= 11 is 0. The number of allylic oxidation sites excluding steroid dienone is 1. The second-order valence-electron chi connectivity index (χ2n) is 2.41. The van der Waals surface area contributed by atoms with Crippen molar-refractivity contribution in [3.8, 4) is 5.88 Å². The molecule has 0 unspecified atom stereocenters. The third-order valence-corrected chi connectivity index (χ3v) is 1.68. The summed E-state index contributed by atoms with van der Waals surface area (Å²) in [4.78, 5) is 0. The fraction of sp³-hybridized carbons (Fsp3) is 0.200. The lowest BCUT2D eigenvalue weighted by Gasteiger charge is -1.97. The van der Waals surface area contributed by atoms with Crippen molar-refractivity contribution in [3.05, 3.63) is 29.3 Å². The average Bonchev–Trinajstić information content (AvgIpc) is 2.18. The van der Waals surface area contributed by atoms with Gasteiger partial charge < -0.3 is 4.74 Å². The fourth-order valence-corrected chi connectivity index (χ4v) is 1.06. The Morgan fingerprint density at radius 2 is 2.31 bits per heavy atom. The Kier molecular flexibility index (Phi) is 3.20. The van der Waals surface area contributed by atoms with E-state index in [1.54, 1.807) is 19.4 Å². The molecule has 0 spiro atoms. The second kappa shape index (κ2) is 4.40.